The van der Waals surface area contributed by atoms with Crippen LogP contribution in [-0.4, -0.2) is 14.7 Å². The van der Waals surface area contributed by atoms with E-state index in [0.29, 0.717) is 0 Å². The molecule has 1 saturated carbocycles. The fraction of sp³-hybridized carbons (Fsp3) is 0.278. The molecule has 1 aliphatic carbocycles. The molecule has 4 rings (SSSR count). The van der Waals surface area contributed by atoms with Crippen LogP contribution in [0.5, 0.6) is 0 Å². The van der Waals surface area contributed by atoms with E-state index in [4.69, 9.17) is 0 Å². The number of pyridine rings is 1. The van der Waals surface area contributed by atoms with Gasteiger partial charge in [0.15, 0.2) is 0 Å². The quantitative estimate of drug-likeness (QED) is 0.793. The van der Waals surface area contributed by atoms with Gasteiger partial charge >= 0.3 is 0 Å². The van der Waals surface area contributed by atoms with Crippen molar-refractivity contribution in [3.8, 4) is 0 Å². The summed E-state index contributed by atoms with van der Waals surface area (Å²) in [5.74, 6) is 0.730. The predicted octanol–water partition coefficient (Wildman–Crippen LogP) is 3.68. The highest BCUT2D eigenvalue weighted by Gasteiger charge is 2.20. The van der Waals surface area contributed by atoms with Gasteiger partial charge in [0.05, 0.1) is 11.7 Å². The largest absolute Gasteiger partial charge is 0.384 e. The summed E-state index contributed by atoms with van der Waals surface area (Å²) in [5, 5.41) is 14.9. The standard InChI is InChI=1S/C18H18N2O/c21-18(16-12-19-20-11-2-1-6-17(16)20)15-9-7-14(8-10-15)13-4-3-5-13/h1-2,6-13,18,21H,3-5H2. The van der Waals surface area contributed by atoms with Crippen molar-refractivity contribution in [2.75, 3.05) is 0 Å². The van der Waals surface area contributed by atoms with Crippen LogP contribution in [0.25, 0.3) is 5.52 Å². The van der Waals surface area contributed by atoms with Gasteiger partial charge in [-0.05, 0) is 42.0 Å². The van der Waals surface area contributed by atoms with E-state index in [9.17, 15) is 5.11 Å². The second kappa shape index (κ2) is 5.01. The molecule has 0 aliphatic heterocycles. The van der Waals surface area contributed by atoms with Crippen molar-refractivity contribution >= 4 is 5.52 Å². The van der Waals surface area contributed by atoms with Gasteiger partial charge in [-0.2, -0.15) is 5.10 Å². The number of hydrogen-bond acceptors (Lipinski definition) is 2. The molecule has 21 heavy (non-hydrogen) atoms. The smallest absolute Gasteiger partial charge is 0.108 e. The van der Waals surface area contributed by atoms with Crippen LogP contribution in [0.15, 0.2) is 54.9 Å². The van der Waals surface area contributed by atoms with Crippen molar-refractivity contribution in [2.24, 2.45) is 0 Å². The van der Waals surface area contributed by atoms with E-state index in [1.54, 1.807) is 10.7 Å². The van der Waals surface area contributed by atoms with Crippen LogP contribution < -0.4 is 0 Å². The summed E-state index contributed by atoms with van der Waals surface area (Å²) < 4.78 is 1.79. The Morgan fingerprint density at radius 1 is 1.10 bits per heavy atom. The molecule has 1 atom stereocenters. The SMILES string of the molecule is OC(c1ccc(C2CCC2)cc1)c1cnn2ccccc12. The van der Waals surface area contributed by atoms with Crippen molar-refractivity contribution in [3.05, 3.63) is 71.5 Å². The first kappa shape index (κ1) is 12.6. The zero-order chi connectivity index (χ0) is 14.2. The Bertz CT molecular complexity index is 756. The Labute approximate surface area is 123 Å². The van der Waals surface area contributed by atoms with E-state index in [1.165, 1.54) is 24.8 Å². The summed E-state index contributed by atoms with van der Waals surface area (Å²) in [5.41, 5.74) is 4.13. The van der Waals surface area contributed by atoms with Gasteiger partial charge in [-0.3, -0.25) is 0 Å². The Hall–Kier alpha value is -2.13. The van der Waals surface area contributed by atoms with Crippen LogP contribution in [0, 0.1) is 0 Å². The van der Waals surface area contributed by atoms with Crippen LogP contribution in [-0.2, 0) is 0 Å². The van der Waals surface area contributed by atoms with Crippen molar-refractivity contribution in [1.82, 2.24) is 9.61 Å². The number of hydrogen-bond donors (Lipinski definition) is 1. The predicted molar refractivity (Wildman–Crippen MR) is 82.3 cm³/mol. The fourth-order valence-corrected chi connectivity index (χ4v) is 3.04. The molecule has 3 nitrogen and oxygen atoms in total. The highest BCUT2D eigenvalue weighted by Crippen LogP contribution is 2.37. The third-order valence-electron chi connectivity index (χ3n) is 4.58. The summed E-state index contributed by atoms with van der Waals surface area (Å²) in [7, 11) is 0. The first-order valence-electron chi connectivity index (χ1n) is 7.53. The minimum absolute atomic E-state index is 0.625. The average molecular weight is 278 g/mol. The third-order valence-corrected chi connectivity index (χ3v) is 4.58. The molecule has 1 N–H and O–H groups in total. The van der Waals surface area contributed by atoms with Gasteiger partial charge in [0.1, 0.15) is 6.10 Å². The van der Waals surface area contributed by atoms with Gasteiger partial charge < -0.3 is 5.11 Å². The van der Waals surface area contributed by atoms with Crippen molar-refractivity contribution in [3.63, 3.8) is 0 Å². The zero-order valence-corrected chi connectivity index (χ0v) is 11.8. The molecule has 0 radical (unpaired) electrons. The number of benzene rings is 1. The van der Waals surface area contributed by atoms with Crippen molar-refractivity contribution in [2.45, 2.75) is 31.3 Å². The number of aliphatic hydroxyl groups is 1. The second-order valence-electron chi connectivity index (χ2n) is 5.83. The van der Waals surface area contributed by atoms with E-state index < -0.39 is 6.10 Å². The Morgan fingerprint density at radius 3 is 2.62 bits per heavy atom. The molecule has 3 heteroatoms. The fourth-order valence-electron chi connectivity index (χ4n) is 3.04. The molecule has 2 heterocycles. The lowest BCUT2D eigenvalue weighted by Crippen LogP contribution is -2.08. The van der Waals surface area contributed by atoms with Crippen molar-refractivity contribution < 1.29 is 5.11 Å². The van der Waals surface area contributed by atoms with Gasteiger partial charge in [0, 0.05) is 11.8 Å². The highest BCUT2D eigenvalue weighted by atomic mass is 16.3. The lowest BCUT2D eigenvalue weighted by Gasteiger charge is -2.26. The molecule has 0 amide bonds. The van der Waals surface area contributed by atoms with Gasteiger partial charge in [0.25, 0.3) is 0 Å². The van der Waals surface area contributed by atoms with Crippen LogP contribution in [0.2, 0.25) is 0 Å². The van der Waals surface area contributed by atoms with Crippen LogP contribution >= 0.6 is 0 Å². The molecule has 0 saturated heterocycles. The molecule has 106 valence electrons. The van der Waals surface area contributed by atoms with E-state index in [1.807, 2.05) is 36.5 Å². The molecule has 1 aromatic carbocycles. The lowest BCUT2D eigenvalue weighted by molar-refractivity contribution is 0.221. The maximum Gasteiger partial charge on any atom is 0.108 e. The molecule has 1 aliphatic rings. The number of rotatable bonds is 3. The third kappa shape index (κ3) is 2.14. The Morgan fingerprint density at radius 2 is 1.90 bits per heavy atom. The second-order valence-corrected chi connectivity index (χ2v) is 5.83. The topological polar surface area (TPSA) is 37.5 Å². The molecule has 3 aromatic rings. The Kier molecular flexibility index (Phi) is 3.00. The van der Waals surface area contributed by atoms with E-state index >= 15 is 0 Å². The maximum atomic E-state index is 10.6. The average Bonchev–Trinajstić information content (AvgIpc) is 2.89. The highest BCUT2D eigenvalue weighted by molar-refractivity contribution is 5.56. The molecule has 1 fully saturated rings. The molecular weight excluding hydrogens is 260 g/mol. The monoisotopic (exact) mass is 278 g/mol. The zero-order valence-electron chi connectivity index (χ0n) is 11.8. The first-order valence-corrected chi connectivity index (χ1v) is 7.53. The lowest BCUT2D eigenvalue weighted by atomic mass is 9.80. The maximum absolute atomic E-state index is 10.6. The number of aromatic nitrogens is 2. The van der Waals surface area contributed by atoms with Crippen LogP contribution in [0.3, 0.4) is 0 Å². The summed E-state index contributed by atoms with van der Waals surface area (Å²) >= 11 is 0. The summed E-state index contributed by atoms with van der Waals surface area (Å²) in [6.07, 6.45) is 6.97. The van der Waals surface area contributed by atoms with Gasteiger partial charge in [-0.15, -0.1) is 0 Å². The Balaban J connectivity index is 1.65. The van der Waals surface area contributed by atoms with E-state index in [-0.39, 0.29) is 0 Å². The molecule has 0 spiro atoms. The number of aliphatic hydroxyl groups excluding tert-OH is 1. The van der Waals surface area contributed by atoms with E-state index in [2.05, 4.69) is 17.2 Å². The molecule has 2 aromatic heterocycles. The molecular formula is C18H18N2O. The molecule has 1 unspecified atom stereocenters. The number of fused-ring (bicyclic) bond motifs is 1. The summed E-state index contributed by atoms with van der Waals surface area (Å²) in [6.45, 7) is 0. The summed E-state index contributed by atoms with van der Waals surface area (Å²) in [6, 6.07) is 14.3. The molecule has 0 bridgehead atoms. The van der Waals surface area contributed by atoms with E-state index in [0.717, 1.165) is 22.6 Å². The van der Waals surface area contributed by atoms with Crippen molar-refractivity contribution in [1.29, 1.82) is 0 Å². The summed E-state index contributed by atoms with van der Waals surface area (Å²) in [4.78, 5) is 0. The first-order chi connectivity index (χ1) is 10.3. The van der Waals surface area contributed by atoms with Crippen LogP contribution in [0.4, 0.5) is 0 Å². The number of nitrogens with zero attached hydrogens (tertiary/aromatic N) is 2. The normalized spacial score (nSPS) is 16.8. The van der Waals surface area contributed by atoms with Gasteiger partial charge in [0.2, 0.25) is 0 Å². The minimum Gasteiger partial charge on any atom is -0.384 e. The van der Waals surface area contributed by atoms with Gasteiger partial charge in [-0.1, -0.05) is 36.8 Å². The minimum atomic E-state index is -0.625. The van der Waals surface area contributed by atoms with Crippen LogP contribution in [0.1, 0.15) is 48.0 Å². The van der Waals surface area contributed by atoms with Gasteiger partial charge in [-0.25, -0.2) is 4.52 Å².